The van der Waals surface area contributed by atoms with Crippen LogP contribution in [0.1, 0.15) is 22.8 Å². The quantitative estimate of drug-likeness (QED) is 0.717. The largest absolute Gasteiger partial charge is 0.496 e. The van der Waals surface area contributed by atoms with Gasteiger partial charge in [-0.25, -0.2) is 4.79 Å². The normalized spacial score (nSPS) is 9.86. The third kappa shape index (κ3) is 1.79. The molecule has 1 aromatic carbocycles. The Balaban J connectivity index is 3.31. The van der Waals surface area contributed by atoms with Crippen LogP contribution < -0.4 is 10.5 Å². The van der Waals surface area contributed by atoms with Crippen LogP contribution >= 0.6 is 0 Å². The van der Waals surface area contributed by atoms with Crippen molar-refractivity contribution >= 4 is 11.7 Å². The minimum atomic E-state index is -1.00. The van der Waals surface area contributed by atoms with Crippen LogP contribution in [-0.4, -0.2) is 18.2 Å². The lowest BCUT2D eigenvalue weighted by molar-refractivity contribution is 0.0696. The zero-order valence-corrected chi connectivity index (χ0v) is 8.20. The van der Waals surface area contributed by atoms with Crippen molar-refractivity contribution in [2.24, 2.45) is 0 Å². The summed E-state index contributed by atoms with van der Waals surface area (Å²) in [6.45, 7) is 1.94. The fourth-order valence-corrected chi connectivity index (χ4v) is 1.35. The Kier molecular flexibility index (Phi) is 2.96. The summed E-state index contributed by atoms with van der Waals surface area (Å²) >= 11 is 0. The average Bonchev–Trinajstić information content (AvgIpc) is 2.16. The number of aromatic carboxylic acids is 1. The van der Waals surface area contributed by atoms with Crippen molar-refractivity contribution < 1.29 is 14.6 Å². The predicted molar refractivity (Wildman–Crippen MR) is 53.7 cm³/mol. The van der Waals surface area contributed by atoms with E-state index >= 15 is 0 Å². The summed E-state index contributed by atoms with van der Waals surface area (Å²) < 4.78 is 5.06. The molecule has 0 amide bonds. The van der Waals surface area contributed by atoms with E-state index < -0.39 is 5.97 Å². The molecule has 1 rings (SSSR count). The third-order valence-electron chi connectivity index (χ3n) is 2.06. The van der Waals surface area contributed by atoms with Gasteiger partial charge in [0, 0.05) is 11.3 Å². The molecular weight excluding hydrogens is 182 g/mol. The minimum Gasteiger partial charge on any atom is -0.496 e. The Labute approximate surface area is 82.3 Å². The number of methoxy groups -OCH3 is 1. The highest BCUT2D eigenvalue weighted by molar-refractivity contribution is 5.90. The van der Waals surface area contributed by atoms with Gasteiger partial charge in [0.05, 0.1) is 12.7 Å². The molecule has 0 aliphatic heterocycles. The zero-order valence-electron chi connectivity index (χ0n) is 8.20. The summed E-state index contributed by atoms with van der Waals surface area (Å²) in [7, 11) is 1.50. The van der Waals surface area contributed by atoms with Gasteiger partial charge in [0.2, 0.25) is 0 Å². The fraction of sp³-hybridized carbons (Fsp3) is 0.300. The molecule has 0 bridgehead atoms. The van der Waals surface area contributed by atoms with Crippen molar-refractivity contribution in [3.63, 3.8) is 0 Å². The summed E-state index contributed by atoms with van der Waals surface area (Å²) in [4.78, 5) is 10.7. The summed E-state index contributed by atoms with van der Waals surface area (Å²) in [5.41, 5.74) is 7.16. The van der Waals surface area contributed by atoms with Crippen LogP contribution in [0.25, 0.3) is 0 Å². The molecule has 0 spiro atoms. The van der Waals surface area contributed by atoms with Gasteiger partial charge >= 0.3 is 5.97 Å². The van der Waals surface area contributed by atoms with Gasteiger partial charge in [0.25, 0.3) is 0 Å². The Bertz CT molecular complexity index is 361. The Morgan fingerprint density at radius 2 is 2.21 bits per heavy atom. The molecule has 0 saturated heterocycles. The maximum absolute atomic E-state index is 10.7. The summed E-state index contributed by atoms with van der Waals surface area (Å²) in [6, 6.07) is 2.93. The second-order valence-corrected chi connectivity index (χ2v) is 2.90. The maximum atomic E-state index is 10.7. The first-order valence-corrected chi connectivity index (χ1v) is 4.29. The maximum Gasteiger partial charge on any atom is 0.335 e. The van der Waals surface area contributed by atoms with Crippen molar-refractivity contribution in [1.29, 1.82) is 0 Å². The van der Waals surface area contributed by atoms with Crippen molar-refractivity contribution in [1.82, 2.24) is 0 Å². The van der Waals surface area contributed by atoms with Gasteiger partial charge in [-0.3, -0.25) is 0 Å². The molecular formula is C10H13NO3. The van der Waals surface area contributed by atoms with E-state index in [4.69, 9.17) is 15.6 Å². The molecule has 76 valence electrons. The lowest BCUT2D eigenvalue weighted by atomic mass is 10.1. The van der Waals surface area contributed by atoms with Crippen LogP contribution in [0.4, 0.5) is 5.69 Å². The van der Waals surface area contributed by atoms with E-state index in [0.717, 1.165) is 12.0 Å². The first-order valence-electron chi connectivity index (χ1n) is 4.29. The first-order chi connectivity index (χ1) is 6.60. The third-order valence-corrected chi connectivity index (χ3v) is 2.06. The SMILES string of the molecule is CCc1c(N)cc(C(=O)O)cc1OC. The molecule has 0 aliphatic carbocycles. The van der Waals surface area contributed by atoms with E-state index in [-0.39, 0.29) is 5.56 Å². The van der Waals surface area contributed by atoms with Gasteiger partial charge in [0.1, 0.15) is 5.75 Å². The van der Waals surface area contributed by atoms with Crippen molar-refractivity contribution in [2.75, 3.05) is 12.8 Å². The number of carboxylic acids is 1. The van der Waals surface area contributed by atoms with E-state index in [1.54, 1.807) is 0 Å². The number of rotatable bonds is 3. The molecule has 0 unspecified atom stereocenters. The van der Waals surface area contributed by atoms with Gasteiger partial charge in [-0.2, -0.15) is 0 Å². The number of anilines is 1. The van der Waals surface area contributed by atoms with Crippen LogP contribution in [-0.2, 0) is 6.42 Å². The molecule has 1 aromatic rings. The van der Waals surface area contributed by atoms with Crippen LogP contribution in [0, 0.1) is 0 Å². The number of carbonyl (C=O) groups is 1. The molecule has 0 saturated carbocycles. The molecule has 4 nitrogen and oxygen atoms in total. The van der Waals surface area contributed by atoms with E-state index in [9.17, 15) is 4.79 Å². The topological polar surface area (TPSA) is 72.6 Å². The number of hydrogen-bond acceptors (Lipinski definition) is 3. The summed E-state index contributed by atoms with van der Waals surface area (Å²) in [5.74, 6) is -0.470. The van der Waals surface area contributed by atoms with Gasteiger partial charge in [-0.15, -0.1) is 0 Å². The Hall–Kier alpha value is -1.71. The lowest BCUT2D eigenvalue weighted by Gasteiger charge is -2.10. The molecule has 0 fully saturated rings. The summed E-state index contributed by atoms with van der Waals surface area (Å²) in [6.07, 6.45) is 0.717. The van der Waals surface area contributed by atoms with Crippen molar-refractivity contribution in [3.05, 3.63) is 23.3 Å². The molecule has 0 atom stereocenters. The lowest BCUT2D eigenvalue weighted by Crippen LogP contribution is -2.03. The van der Waals surface area contributed by atoms with E-state index in [0.29, 0.717) is 11.4 Å². The van der Waals surface area contributed by atoms with Crippen LogP contribution in [0.15, 0.2) is 12.1 Å². The molecule has 4 heteroatoms. The number of benzene rings is 1. The average molecular weight is 195 g/mol. The predicted octanol–water partition coefficient (Wildman–Crippen LogP) is 1.54. The fourth-order valence-electron chi connectivity index (χ4n) is 1.35. The summed E-state index contributed by atoms with van der Waals surface area (Å²) in [5, 5.41) is 8.78. The second kappa shape index (κ2) is 4.00. The highest BCUT2D eigenvalue weighted by atomic mass is 16.5. The van der Waals surface area contributed by atoms with Gasteiger partial charge in [0.15, 0.2) is 0 Å². The van der Waals surface area contributed by atoms with E-state index in [2.05, 4.69) is 0 Å². The van der Waals surface area contributed by atoms with Crippen molar-refractivity contribution in [2.45, 2.75) is 13.3 Å². The van der Waals surface area contributed by atoms with Crippen LogP contribution in [0.5, 0.6) is 5.75 Å². The molecule has 0 aromatic heterocycles. The molecule has 0 aliphatic rings. The van der Waals surface area contributed by atoms with Crippen molar-refractivity contribution in [3.8, 4) is 5.75 Å². The highest BCUT2D eigenvalue weighted by Crippen LogP contribution is 2.27. The Morgan fingerprint density at radius 1 is 1.57 bits per heavy atom. The van der Waals surface area contributed by atoms with Gasteiger partial charge in [-0.1, -0.05) is 6.92 Å². The molecule has 3 N–H and O–H groups in total. The number of hydrogen-bond donors (Lipinski definition) is 2. The van der Waals surface area contributed by atoms with Crippen LogP contribution in [0.3, 0.4) is 0 Å². The minimum absolute atomic E-state index is 0.150. The molecule has 14 heavy (non-hydrogen) atoms. The van der Waals surface area contributed by atoms with E-state index in [1.807, 2.05) is 6.92 Å². The number of carboxylic acid groups (broad SMARTS) is 1. The van der Waals surface area contributed by atoms with Gasteiger partial charge < -0.3 is 15.6 Å². The monoisotopic (exact) mass is 195 g/mol. The number of nitrogens with two attached hydrogens (primary N) is 1. The highest BCUT2D eigenvalue weighted by Gasteiger charge is 2.11. The number of ether oxygens (including phenoxy) is 1. The second-order valence-electron chi connectivity index (χ2n) is 2.90. The molecule has 0 radical (unpaired) electrons. The first kappa shape index (κ1) is 10.4. The van der Waals surface area contributed by atoms with Crippen LogP contribution in [0.2, 0.25) is 0 Å². The number of nitrogen functional groups attached to an aromatic ring is 1. The van der Waals surface area contributed by atoms with Gasteiger partial charge in [-0.05, 0) is 18.6 Å². The smallest absolute Gasteiger partial charge is 0.335 e. The van der Waals surface area contributed by atoms with E-state index in [1.165, 1.54) is 19.2 Å². The Morgan fingerprint density at radius 3 is 2.64 bits per heavy atom. The zero-order chi connectivity index (χ0) is 10.7. The molecule has 0 heterocycles. The standard InChI is InChI=1S/C10H13NO3/c1-3-7-8(11)4-6(10(12)13)5-9(7)14-2/h4-5H,3,11H2,1-2H3,(H,12,13).